The van der Waals surface area contributed by atoms with Gasteiger partial charge in [0.1, 0.15) is 4.60 Å². The Hall–Kier alpha value is -1.09. The number of nitrogens with zero attached hydrogens (tertiary/aromatic N) is 2. The molecular weight excluding hydrogens is 261 g/mol. The summed E-state index contributed by atoms with van der Waals surface area (Å²) in [4.78, 5) is 3.51. The van der Waals surface area contributed by atoms with Crippen LogP contribution in [0, 0.1) is 11.3 Å². The van der Waals surface area contributed by atoms with E-state index in [4.69, 9.17) is 5.26 Å². The maximum atomic E-state index is 12.2. The van der Waals surface area contributed by atoms with E-state index in [0.29, 0.717) is 0 Å². The summed E-state index contributed by atoms with van der Waals surface area (Å²) in [5.41, 5.74) is -0.603. The Balaban J connectivity index is 3.14. The SMILES string of the molecule is N#CCc1cc(C(F)(F)F)cnc1Br. The zero-order valence-electron chi connectivity index (χ0n) is 6.77. The molecule has 0 saturated carbocycles. The maximum absolute atomic E-state index is 12.2. The van der Waals surface area contributed by atoms with Gasteiger partial charge in [0.05, 0.1) is 18.1 Å². The van der Waals surface area contributed by atoms with Crippen LogP contribution in [0.5, 0.6) is 0 Å². The first-order valence-electron chi connectivity index (χ1n) is 3.53. The van der Waals surface area contributed by atoms with E-state index >= 15 is 0 Å². The summed E-state index contributed by atoms with van der Waals surface area (Å²) in [5, 5.41) is 8.36. The third-order valence-electron chi connectivity index (χ3n) is 1.51. The molecule has 1 aromatic rings. The number of alkyl halides is 3. The summed E-state index contributed by atoms with van der Waals surface area (Å²) in [6, 6.07) is 2.68. The first kappa shape index (κ1) is 11.0. The molecule has 0 saturated heterocycles. The monoisotopic (exact) mass is 264 g/mol. The Morgan fingerprint density at radius 3 is 2.64 bits per heavy atom. The highest BCUT2D eigenvalue weighted by molar-refractivity contribution is 9.10. The molecule has 0 aliphatic carbocycles. The zero-order valence-corrected chi connectivity index (χ0v) is 8.35. The van der Waals surface area contributed by atoms with E-state index in [0.717, 1.165) is 12.3 Å². The molecule has 0 amide bonds. The van der Waals surface area contributed by atoms with Gasteiger partial charge in [-0.3, -0.25) is 0 Å². The van der Waals surface area contributed by atoms with Crippen molar-refractivity contribution in [1.29, 1.82) is 5.26 Å². The Morgan fingerprint density at radius 1 is 1.50 bits per heavy atom. The van der Waals surface area contributed by atoms with Gasteiger partial charge in [-0.05, 0) is 27.6 Å². The zero-order chi connectivity index (χ0) is 10.8. The first-order valence-corrected chi connectivity index (χ1v) is 4.33. The molecule has 2 nitrogen and oxygen atoms in total. The molecule has 0 radical (unpaired) electrons. The maximum Gasteiger partial charge on any atom is 0.417 e. The highest BCUT2D eigenvalue weighted by Gasteiger charge is 2.31. The molecule has 0 aromatic carbocycles. The van der Waals surface area contributed by atoms with Crippen LogP contribution in [0.3, 0.4) is 0 Å². The van der Waals surface area contributed by atoms with E-state index in [1.807, 2.05) is 0 Å². The van der Waals surface area contributed by atoms with Crippen LogP contribution in [0.25, 0.3) is 0 Å². The second-order valence-corrected chi connectivity index (χ2v) is 3.26. The molecule has 74 valence electrons. The van der Waals surface area contributed by atoms with Crippen LogP contribution in [-0.2, 0) is 12.6 Å². The van der Waals surface area contributed by atoms with Gasteiger partial charge in [0.2, 0.25) is 0 Å². The minimum atomic E-state index is -4.42. The number of halogens is 4. The summed E-state index contributed by atoms with van der Waals surface area (Å²) in [7, 11) is 0. The van der Waals surface area contributed by atoms with E-state index in [1.165, 1.54) is 0 Å². The van der Waals surface area contributed by atoms with Crippen LogP contribution in [0.1, 0.15) is 11.1 Å². The topological polar surface area (TPSA) is 36.7 Å². The molecular formula is C8H4BrF3N2. The molecule has 0 fully saturated rings. The van der Waals surface area contributed by atoms with Gasteiger partial charge >= 0.3 is 6.18 Å². The molecule has 14 heavy (non-hydrogen) atoms. The van der Waals surface area contributed by atoms with Crippen molar-refractivity contribution in [3.63, 3.8) is 0 Å². The third-order valence-corrected chi connectivity index (χ3v) is 2.22. The van der Waals surface area contributed by atoms with Crippen molar-refractivity contribution < 1.29 is 13.2 Å². The number of rotatable bonds is 1. The second kappa shape index (κ2) is 3.96. The fourth-order valence-electron chi connectivity index (χ4n) is 0.858. The lowest BCUT2D eigenvalue weighted by atomic mass is 10.1. The van der Waals surface area contributed by atoms with E-state index in [2.05, 4.69) is 20.9 Å². The predicted octanol–water partition coefficient (Wildman–Crippen LogP) is 2.93. The van der Waals surface area contributed by atoms with Crippen LogP contribution in [0.15, 0.2) is 16.9 Å². The lowest BCUT2D eigenvalue weighted by Gasteiger charge is -2.07. The lowest BCUT2D eigenvalue weighted by molar-refractivity contribution is -0.137. The van der Waals surface area contributed by atoms with Gasteiger partial charge in [0.15, 0.2) is 0 Å². The average molecular weight is 265 g/mol. The standard InChI is InChI=1S/C8H4BrF3N2/c9-7-5(1-2-13)3-6(4-14-7)8(10,11)12/h3-4H,1H2. The third kappa shape index (κ3) is 2.45. The van der Waals surface area contributed by atoms with Crippen LogP contribution in [0.4, 0.5) is 13.2 Å². The van der Waals surface area contributed by atoms with Crippen LogP contribution < -0.4 is 0 Å². The van der Waals surface area contributed by atoms with Crippen molar-refractivity contribution in [3.05, 3.63) is 28.0 Å². The molecule has 0 aliphatic heterocycles. The van der Waals surface area contributed by atoms with E-state index in [1.54, 1.807) is 6.07 Å². The van der Waals surface area contributed by atoms with E-state index in [-0.39, 0.29) is 16.6 Å². The molecule has 0 bridgehead atoms. The molecule has 0 atom stereocenters. The Kier molecular flexibility index (Phi) is 3.11. The molecule has 0 unspecified atom stereocenters. The van der Waals surface area contributed by atoms with Gasteiger partial charge in [0, 0.05) is 6.20 Å². The molecule has 1 aromatic heterocycles. The number of hydrogen-bond donors (Lipinski definition) is 0. The van der Waals surface area contributed by atoms with Crippen molar-refractivity contribution in [1.82, 2.24) is 4.98 Å². The molecule has 0 N–H and O–H groups in total. The Labute approximate surface area is 86.5 Å². The molecule has 0 aliphatic rings. The van der Waals surface area contributed by atoms with Gasteiger partial charge in [-0.1, -0.05) is 0 Å². The Bertz CT molecular complexity index is 381. The largest absolute Gasteiger partial charge is 0.417 e. The summed E-state index contributed by atoms with van der Waals surface area (Å²) in [5.74, 6) is 0. The normalized spacial score (nSPS) is 11.1. The van der Waals surface area contributed by atoms with Crippen LogP contribution in [-0.4, -0.2) is 4.98 Å². The Morgan fingerprint density at radius 2 is 2.14 bits per heavy atom. The molecule has 1 heterocycles. The summed E-state index contributed by atoms with van der Waals surface area (Å²) in [6.07, 6.45) is -3.79. The predicted molar refractivity (Wildman–Crippen MR) is 46.3 cm³/mol. The van der Waals surface area contributed by atoms with Crippen LogP contribution >= 0.6 is 15.9 Å². The van der Waals surface area contributed by atoms with Crippen molar-refractivity contribution in [3.8, 4) is 6.07 Å². The number of aromatic nitrogens is 1. The van der Waals surface area contributed by atoms with Gasteiger partial charge in [-0.25, -0.2) is 4.98 Å². The minimum absolute atomic E-state index is 0.0997. The smallest absolute Gasteiger partial charge is 0.248 e. The number of hydrogen-bond acceptors (Lipinski definition) is 2. The summed E-state index contributed by atoms with van der Waals surface area (Å²) >= 11 is 2.97. The minimum Gasteiger partial charge on any atom is -0.248 e. The highest BCUT2D eigenvalue weighted by atomic mass is 79.9. The lowest BCUT2D eigenvalue weighted by Crippen LogP contribution is -2.06. The van der Waals surface area contributed by atoms with Crippen LogP contribution in [0.2, 0.25) is 0 Å². The van der Waals surface area contributed by atoms with Crippen molar-refractivity contribution >= 4 is 15.9 Å². The fourth-order valence-corrected chi connectivity index (χ4v) is 1.21. The average Bonchev–Trinajstić information content (AvgIpc) is 2.07. The summed E-state index contributed by atoms with van der Waals surface area (Å²) < 4.78 is 36.9. The fraction of sp³-hybridized carbons (Fsp3) is 0.250. The van der Waals surface area contributed by atoms with Crippen molar-refractivity contribution in [2.24, 2.45) is 0 Å². The molecule has 1 rings (SSSR count). The van der Waals surface area contributed by atoms with E-state index in [9.17, 15) is 13.2 Å². The number of pyridine rings is 1. The quantitative estimate of drug-likeness (QED) is 0.732. The molecule has 6 heteroatoms. The van der Waals surface area contributed by atoms with Crippen molar-refractivity contribution in [2.45, 2.75) is 12.6 Å². The van der Waals surface area contributed by atoms with Gasteiger partial charge < -0.3 is 0 Å². The van der Waals surface area contributed by atoms with Gasteiger partial charge in [-0.15, -0.1) is 0 Å². The van der Waals surface area contributed by atoms with Gasteiger partial charge in [-0.2, -0.15) is 18.4 Å². The van der Waals surface area contributed by atoms with Crippen molar-refractivity contribution in [2.75, 3.05) is 0 Å². The number of nitriles is 1. The second-order valence-electron chi connectivity index (χ2n) is 2.51. The highest BCUT2D eigenvalue weighted by Crippen LogP contribution is 2.30. The van der Waals surface area contributed by atoms with E-state index < -0.39 is 11.7 Å². The summed E-state index contributed by atoms with van der Waals surface area (Å²) in [6.45, 7) is 0. The molecule has 0 spiro atoms. The first-order chi connectivity index (χ1) is 6.45. The van der Waals surface area contributed by atoms with Gasteiger partial charge in [0.25, 0.3) is 0 Å².